The molecule has 2 heterocycles. The Morgan fingerprint density at radius 2 is 2.32 bits per heavy atom. The molecule has 1 unspecified atom stereocenters. The smallest absolute Gasteiger partial charge is 0.234 e. The summed E-state index contributed by atoms with van der Waals surface area (Å²) in [4.78, 5) is 4.48. The first-order valence-electron chi connectivity index (χ1n) is 6.52. The fourth-order valence-corrected chi connectivity index (χ4v) is 2.43. The Bertz CT molecular complexity index is 553. The molecule has 5 heteroatoms. The minimum absolute atomic E-state index is 0.196. The molecular formula is C14H17N3O2. The van der Waals surface area contributed by atoms with Gasteiger partial charge in [-0.3, -0.25) is 0 Å². The van der Waals surface area contributed by atoms with Crippen molar-refractivity contribution in [3.63, 3.8) is 0 Å². The van der Waals surface area contributed by atoms with Crippen molar-refractivity contribution in [2.75, 3.05) is 25.6 Å². The van der Waals surface area contributed by atoms with Crippen LogP contribution in [0.25, 0.3) is 0 Å². The third-order valence-corrected chi connectivity index (χ3v) is 3.40. The number of fused-ring (bicyclic) bond motifs is 1. The molecule has 3 rings (SSSR count). The lowest BCUT2D eigenvalue weighted by molar-refractivity contribution is 0.199. The molecule has 1 aliphatic heterocycles. The van der Waals surface area contributed by atoms with Crippen LogP contribution < -0.4 is 5.32 Å². The van der Waals surface area contributed by atoms with E-state index in [4.69, 9.17) is 9.26 Å². The van der Waals surface area contributed by atoms with E-state index < -0.39 is 0 Å². The van der Waals surface area contributed by atoms with Crippen LogP contribution in [0.1, 0.15) is 29.6 Å². The van der Waals surface area contributed by atoms with Crippen molar-refractivity contribution in [3.8, 4) is 0 Å². The van der Waals surface area contributed by atoms with Gasteiger partial charge in [0.15, 0.2) is 5.82 Å². The molecule has 0 radical (unpaired) electrons. The number of para-hydroxylation sites is 1. The molecule has 1 atom stereocenters. The molecule has 100 valence electrons. The Balaban J connectivity index is 1.85. The predicted molar refractivity (Wildman–Crippen MR) is 71.3 cm³/mol. The van der Waals surface area contributed by atoms with Gasteiger partial charge in [0.25, 0.3) is 0 Å². The molecule has 0 spiro atoms. The summed E-state index contributed by atoms with van der Waals surface area (Å²) in [6.45, 7) is 1.54. The number of nitrogens with one attached hydrogen (secondary N) is 1. The summed E-state index contributed by atoms with van der Waals surface area (Å²) in [6.07, 6.45) is 1.66. The van der Waals surface area contributed by atoms with Gasteiger partial charge in [-0.2, -0.15) is 4.98 Å². The lowest BCUT2D eigenvalue weighted by Crippen LogP contribution is -2.17. The highest BCUT2D eigenvalue weighted by Crippen LogP contribution is 2.35. The lowest BCUT2D eigenvalue weighted by Gasteiger charge is -2.23. The third kappa shape index (κ3) is 2.46. The van der Waals surface area contributed by atoms with Crippen LogP contribution in [0.3, 0.4) is 0 Å². The summed E-state index contributed by atoms with van der Waals surface area (Å²) in [5.41, 5.74) is 2.39. The summed E-state index contributed by atoms with van der Waals surface area (Å²) >= 11 is 0. The molecule has 1 aromatic carbocycles. The van der Waals surface area contributed by atoms with Crippen LogP contribution in [0.5, 0.6) is 0 Å². The van der Waals surface area contributed by atoms with Crippen LogP contribution in [0.4, 0.5) is 5.69 Å². The van der Waals surface area contributed by atoms with E-state index in [0.717, 1.165) is 18.7 Å². The highest BCUT2D eigenvalue weighted by atomic mass is 16.5. The van der Waals surface area contributed by atoms with Crippen molar-refractivity contribution in [1.82, 2.24) is 10.1 Å². The maximum absolute atomic E-state index is 5.41. The van der Waals surface area contributed by atoms with Gasteiger partial charge in [-0.1, -0.05) is 23.4 Å². The Hall–Kier alpha value is -1.88. The Labute approximate surface area is 112 Å². The van der Waals surface area contributed by atoms with Gasteiger partial charge in [0.2, 0.25) is 5.89 Å². The molecule has 5 nitrogen and oxygen atoms in total. The van der Waals surface area contributed by atoms with E-state index in [0.29, 0.717) is 24.7 Å². The lowest BCUT2D eigenvalue weighted by atomic mass is 9.91. The summed E-state index contributed by atoms with van der Waals surface area (Å²) in [5.74, 6) is 1.62. The number of aromatic nitrogens is 2. The molecule has 2 aromatic rings. The quantitative estimate of drug-likeness (QED) is 0.912. The van der Waals surface area contributed by atoms with Crippen LogP contribution in [-0.4, -0.2) is 30.4 Å². The molecule has 1 aromatic heterocycles. The van der Waals surface area contributed by atoms with E-state index in [1.165, 1.54) is 5.56 Å². The molecule has 0 fully saturated rings. The zero-order chi connectivity index (χ0) is 13.1. The molecule has 19 heavy (non-hydrogen) atoms. The van der Waals surface area contributed by atoms with Crippen LogP contribution in [0.15, 0.2) is 28.8 Å². The molecular weight excluding hydrogens is 242 g/mol. The number of nitrogens with zero attached hydrogens (tertiary/aromatic N) is 2. The Kier molecular flexibility index (Phi) is 3.46. The monoisotopic (exact) mass is 259 g/mol. The van der Waals surface area contributed by atoms with Crippen molar-refractivity contribution in [2.24, 2.45) is 0 Å². The van der Waals surface area contributed by atoms with Crippen molar-refractivity contribution in [3.05, 3.63) is 41.5 Å². The third-order valence-electron chi connectivity index (χ3n) is 3.40. The number of ether oxygens (including phenoxy) is 1. The van der Waals surface area contributed by atoms with E-state index in [-0.39, 0.29) is 5.92 Å². The first-order chi connectivity index (χ1) is 9.38. The molecule has 1 N–H and O–H groups in total. The number of hydrogen-bond donors (Lipinski definition) is 1. The van der Waals surface area contributed by atoms with E-state index in [1.807, 2.05) is 12.1 Å². The van der Waals surface area contributed by atoms with Crippen LogP contribution in [0, 0.1) is 0 Å². The van der Waals surface area contributed by atoms with Gasteiger partial charge in [0.1, 0.15) is 0 Å². The average molecular weight is 259 g/mol. The molecule has 0 saturated carbocycles. The fraction of sp³-hybridized carbons (Fsp3) is 0.429. The number of methoxy groups -OCH3 is 1. The number of benzene rings is 1. The molecule has 0 bridgehead atoms. The van der Waals surface area contributed by atoms with Crippen LogP contribution in [-0.2, 0) is 11.2 Å². The minimum atomic E-state index is 0.196. The van der Waals surface area contributed by atoms with E-state index in [9.17, 15) is 0 Å². The number of hydrogen-bond acceptors (Lipinski definition) is 5. The van der Waals surface area contributed by atoms with Crippen molar-refractivity contribution >= 4 is 5.69 Å². The maximum atomic E-state index is 5.41. The van der Waals surface area contributed by atoms with Crippen molar-refractivity contribution in [1.29, 1.82) is 0 Å². The van der Waals surface area contributed by atoms with Crippen LogP contribution >= 0.6 is 0 Å². The molecule has 0 saturated heterocycles. The van der Waals surface area contributed by atoms with E-state index >= 15 is 0 Å². The number of anilines is 1. The Morgan fingerprint density at radius 1 is 1.42 bits per heavy atom. The molecule has 1 aliphatic rings. The summed E-state index contributed by atoms with van der Waals surface area (Å²) in [7, 11) is 1.67. The van der Waals surface area contributed by atoms with E-state index in [1.54, 1.807) is 7.11 Å². The molecule has 0 aliphatic carbocycles. The first kappa shape index (κ1) is 12.2. The largest absolute Gasteiger partial charge is 0.385 e. The van der Waals surface area contributed by atoms with Gasteiger partial charge in [-0.05, 0) is 18.1 Å². The topological polar surface area (TPSA) is 60.2 Å². The van der Waals surface area contributed by atoms with Crippen molar-refractivity contribution in [2.45, 2.75) is 18.8 Å². The second-order valence-electron chi connectivity index (χ2n) is 4.65. The fourth-order valence-electron chi connectivity index (χ4n) is 2.43. The maximum Gasteiger partial charge on any atom is 0.234 e. The zero-order valence-electron chi connectivity index (χ0n) is 10.9. The summed E-state index contributed by atoms with van der Waals surface area (Å²) < 4.78 is 10.4. The highest BCUT2D eigenvalue weighted by molar-refractivity contribution is 5.56. The van der Waals surface area contributed by atoms with E-state index in [2.05, 4.69) is 27.6 Å². The van der Waals surface area contributed by atoms with Gasteiger partial charge in [-0.25, -0.2) is 0 Å². The first-order valence-corrected chi connectivity index (χ1v) is 6.52. The normalized spacial score (nSPS) is 17.8. The standard InChI is InChI=1S/C14H17N3O2/c1-18-9-7-13-16-14(19-17-13)11-6-8-15-12-5-3-2-4-10(11)12/h2-5,11,15H,6-9H2,1H3. The second-order valence-corrected chi connectivity index (χ2v) is 4.65. The van der Waals surface area contributed by atoms with Gasteiger partial charge in [-0.15, -0.1) is 0 Å². The summed E-state index contributed by atoms with van der Waals surface area (Å²) in [6, 6.07) is 8.28. The van der Waals surface area contributed by atoms with Crippen molar-refractivity contribution < 1.29 is 9.26 Å². The minimum Gasteiger partial charge on any atom is -0.385 e. The molecule has 0 amide bonds. The zero-order valence-corrected chi connectivity index (χ0v) is 10.9. The number of rotatable bonds is 4. The summed E-state index contributed by atoms with van der Waals surface area (Å²) in [5, 5.41) is 7.41. The van der Waals surface area contributed by atoms with Gasteiger partial charge in [0, 0.05) is 25.8 Å². The van der Waals surface area contributed by atoms with Gasteiger partial charge in [0.05, 0.1) is 12.5 Å². The average Bonchev–Trinajstić information content (AvgIpc) is 2.93. The van der Waals surface area contributed by atoms with Gasteiger partial charge < -0.3 is 14.6 Å². The highest BCUT2D eigenvalue weighted by Gasteiger charge is 2.26. The predicted octanol–water partition coefficient (Wildman–Crippen LogP) is 2.21. The van der Waals surface area contributed by atoms with Crippen LogP contribution in [0.2, 0.25) is 0 Å². The Morgan fingerprint density at radius 3 is 3.21 bits per heavy atom. The second kappa shape index (κ2) is 5.40. The van der Waals surface area contributed by atoms with Gasteiger partial charge >= 0.3 is 0 Å². The SMILES string of the molecule is COCCc1noc(C2CCNc3ccccc32)n1.